The number of nitrogens with one attached hydrogen (secondary N) is 1. The van der Waals surface area contributed by atoms with E-state index in [1.807, 2.05) is 30.3 Å². The average molecular weight is 405 g/mol. The van der Waals surface area contributed by atoms with Crippen molar-refractivity contribution >= 4 is 5.91 Å². The molecular formula is C26H32N2O2. The van der Waals surface area contributed by atoms with Crippen LogP contribution in [0.5, 0.6) is 0 Å². The number of likely N-dealkylation sites (tertiary alicyclic amines) is 1. The van der Waals surface area contributed by atoms with Crippen molar-refractivity contribution in [3.8, 4) is 0 Å². The van der Waals surface area contributed by atoms with Crippen LogP contribution in [0.4, 0.5) is 0 Å². The van der Waals surface area contributed by atoms with Crippen LogP contribution in [0.3, 0.4) is 0 Å². The SMILES string of the molecule is Cc1cccc(CN2CC3C(C2)C3NC(=O)C(O)(c2ccccc2)C2CCCC2)c1. The first kappa shape index (κ1) is 19.8. The van der Waals surface area contributed by atoms with Crippen molar-refractivity contribution in [2.75, 3.05) is 13.1 Å². The van der Waals surface area contributed by atoms with Crippen molar-refractivity contribution in [3.05, 3.63) is 71.3 Å². The molecule has 0 bridgehead atoms. The summed E-state index contributed by atoms with van der Waals surface area (Å²) < 4.78 is 0. The summed E-state index contributed by atoms with van der Waals surface area (Å²) in [5, 5.41) is 14.9. The molecule has 4 nitrogen and oxygen atoms in total. The molecule has 2 aliphatic carbocycles. The van der Waals surface area contributed by atoms with Gasteiger partial charge in [-0.25, -0.2) is 0 Å². The minimum atomic E-state index is -1.41. The molecule has 2 aromatic rings. The molecule has 2 aromatic carbocycles. The van der Waals surface area contributed by atoms with Gasteiger partial charge in [0.05, 0.1) is 0 Å². The average Bonchev–Trinajstić information content (AvgIpc) is 3.17. The molecular weight excluding hydrogens is 372 g/mol. The Morgan fingerprint density at radius 1 is 1.07 bits per heavy atom. The molecule has 1 amide bonds. The molecule has 3 atom stereocenters. The van der Waals surface area contributed by atoms with E-state index < -0.39 is 5.60 Å². The fourth-order valence-corrected chi connectivity index (χ4v) is 5.88. The summed E-state index contributed by atoms with van der Waals surface area (Å²) in [6.45, 7) is 5.16. The van der Waals surface area contributed by atoms with Gasteiger partial charge in [0.25, 0.3) is 5.91 Å². The Kier molecular flexibility index (Phi) is 5.16. The molecule has 2 saturated carbocycles. The largest absolute Gasteiger partial charge is 0.375 e. The third-order valence-electron chi connectivity index (χ3n) is 7.56. The maximum absolute atomic E-state index is 13.4. The van der Waals surface area contributed by atoms with Crippen LogP contribution in [0.2, 0.25) is 0 Å². The number of benzene rings is 2. The second kappa shape index (κ2) is 7.82. The highest BCUT2D eigenvalue weighted by atomic mass is 16.3. The zero-order valence-electron chi connectivity index (χ0n) is 17.8. The zero-order valence-corrected chi connectivity index (χ0v) is 17.8. The maximum Gasteiger partial charge on any atom is 0.257 e. The summed E-state index contributed by atoms with van der Waals surface area (Å²) in [5.41, 5.74) is 1.99. The van der Waals surface area contributed by atoms with Crippen LogP contribution in [0, 0.1) is 24.7 Å². The number of piperidine rings is 1. The lowest BCUT2D eigenvalue weighted by molar-refractivity contribution is -0.147. The van der Waals surface area contributed by atoms with Gasteiger partial charge < -0.3 is 10.4 Å². The van der Waals surface area contributed by atoms with E-state index in [2.05, 4.69) is 41.4 Å². The van der Waals surface area contributed by atoms with E-state index in [0.717, 1.165) is 50.9 Å². The van der Waals surface area contributed by atoms with Crippen molar-refractivity contribution in [1.29, 1.82) is 0 Å². The minimum absolute atomic E-state index is 0.0105. The summed E-state index contributed by atoms with van der Waals surface area (Å²) in [4.78, 5) is 15.9. The lowest BCUT2D eigenvalue weighted by atomic mass is 9.79. The van der Waals surface area contributed by atoms with E-state index >= 15 is 0 Å². The molecule has 158 valence electrons. The topological polar surface area (TPSA) is 52.6 Å². The quantitative estimate of drug-likeness (QED) is 0.773. The van der Waals surface area contributed by atoms with Crippen molar-refractivity contribution in [1.82, 2.24) is 10.2 Å². The van der Waals surface area contributed by atoms with Gasteiger partial charge in [0.1, 0.15) is 0 Å². The molecule has 1 aliphatic heterocycles. The lowest BCUT2D eigenvalue weighted by Gasteiger charge is -2.33. The number of carbonyl (C=O) groups excluding carboxylic acids is 1. The van der Waals surface area contributed by atoms with Crippen LogP contribution in [0.25, 0.3) is 0 Å². The predicted octanol–water partition coefficient (Wildman–Crippen LogP) is 3.62. The predicted molar refractivity (Wildman–Crippen MR) is 118 cm³/mol. The Balaban J connectivity index is 1.23. The van der Waals surface area contributed by atoms with Crippen molar-refractivity contribution in [2.45, 2.75) is 50.8 Å². The van der Waals surface area contributed by atoms with Crippen LogP contribution in [-0.4, -0.2) is 35.0 Å². The van der Waals surface area contributed by atoms with Crippen LogP contribution in [0.1, 0.15) is 42.4 Å². The molecule has 0 spiro atoms. The lowest BCUT2D eigenvalue weighted by Crippen LogP contribution is -2.50. The van der Waals surface area contributed by atoms with Crippen molar-refractivity contribution < 1.29 is 9.90 Å². The smallest absolute Gasteiger partial charge is 0.257 e. The summed E-state index contributed by atoms with van der Waals surface area (Å²) >= 11 is 0. The summed E-state index contributed by atoms with van der Waals surface area (Å²) in [7, 11) is 0. The van der Waals surface area contributed by atoms with Gasteiger partial charge in [-0.3, -0.25) is 9.69 Å². The van der Waals surface area contributed by atoms with Crippen LogP contribution < -0.4 is 5.32 Å². The second-order valence-corrected chi connectivity index (χ2v) is 9.62. The number of hydrogen-bond donors (Lipinski definition) is 2. The molecule has 0 radical (unpaired) electrons. The van der Waals surface area contributed by atoms with Gasteiger partial charge in [-0.1, -0.05) is 73.0 Å². The van der Waals surface area contributed by atoms with E-state index in [9.17, 15) is 9.90 Å². The van der Waals surface area contributed by atoms with Gasteiger partial charge in [-0.05, 0) is 42.7 Å². The first-order valence-electron chi connectivity index (χ1n) is 11.4. The van der Waals surface area contributed by atoms with Gasteiger partial charge in [0.2, 0.25) is 0 Å². The number of carbonyl (C=O) groups is 1. The Morgan fingerprint density at radius 2 is 1.77 bits per heavy atom. The van der Waals surface area contributed by atoms with Gasteiger partial charge in [0, 0.05) is 31.6 Å². The van der Waals surface area contributed by atoms with Crippen molar-refractivity contribution in [2.24, 2.45) is 17.8 Å². The molecule has 30 heavy (non-hydrogen) atoms. The molecule has 0 aromatic heterocycles. The van der Waals surface area contributed by atoms with E-state index in [4.69, 9.17) is 0 Å². The number of hydrogen-bond acceptors (Lipinski definition) is 3. The van der Waals surface area contributed by atoms with E-state index in [0.29, 0.717) is 11.8 Å². The van der Waals surface area contributed by atoms with Gasteiger partial charge >= 0.3 is 0 Å². The number of aliphatic hydroxyl groups is 1. The van der Waals surface area contributed by atoms with E-state index in [1.54, 1.807) is 0 Å². The molecule has 3 unspecified atom stereocenters. The molecule has 1 saturated heterocycles. The highest BCUT2D eigenvalue weighted by molar-refractivity contribution is 5.87. The standard InChI is InChI=1S/C26H32N2O2/c1-18-8-7-9-19(14-18)15-28-16-22-23(17-28)24(22)27-25(29)26(30,21-12-5-6-13-21)20-10-3-2-4-11-20/h2-4,7-11,14,21-24,30H,5-6,12-13,15-17H2,1H3,(H,27,29). The Bertz CT molecular complexity index is 896. The van der Waals surface area contributed by atoms with Crippen LogP contribution >= 0.6 is 0 Å². The van der Waals surface area contributed by atoms with Gasteiger partial charge in [-0.2, -0.15) is 0 Å². The molecule has 3 fully saturated rings. The summed E-state index contributed by atoms with van der Waals surface area (Å²) in [5.74, 6) is 0.853. The summed E-state index contributed by atoms with van der Waals surface area (Å²) in [6, 6.07) is 18.5. The second-order valence-electron chi connectivity index (χ2n) is 9.62. The number of aryl methyl sites for hydroxylation is 1. The third-order valence-corrected chi connectivity index (χ3v) is 7.56. The van der Waals surface area contributed by atoms with Crippen LogP contribution in [-0.2, 0) is 16.9 Å². The monoisotopic (exact) mass is 404 g/mol. The molecule has 1 heterocycles. The maximum atomic E-state index is 13.4. The van der Waals surface area contributed by atoms with E-state index in [-0.39, 0.29) is 17.9 Å². The van der Waals surface area contributed by atoms with E-state index in [1.165, 1.54) is 11.1 Å². The highest BCUT2D eigenvalue weighted by Crippen LogP contribution is 2.47. The Labute approximate surface area is 179 Å². The number of nitrogens with zero attached hydrogens (tertiary/aromatic N) is 1. The normalized spacial score (nSPS) is 28.1. The van der Waals surface area contributed by atoms with Gasteiger partial charge in [-0.15, -0.1) is 0 Å². The molecule has 2 N–H and O–H groups in total. The minimum Gasteiger partial charge on any atom is -0.375 e. The Hall–Kier alpha value is -2.17. The first-order valence-corrected chi connectivity index (χ1v) is 11.4. The first-order chi connectivity index (χ1) is 14.6. The van der Waals surface area contributed by atoms with Crippen molar-refractivity contribution in [3.63, 3.8) is 0 Å². The molecule has 3 aliphatic rings. The highest BCUT2D eigenvalue weighted by Gasteiger charge is 2.58. The van der Waals surface area contributed by atoms with Gasteiger partial charge in [0.15, 0.2) is 5.60 Å². The molecule has 4 heteroatoms. The fraction of sp³-hybridized carbons (Fsp3) is 0.500. The number of amides is 1. The van der Waals surface area contributed by atoms with Crippen LogP contribution in [0.15, 0.2) is 54.6 Å². The third kappa shape index (κ3) is 3.57. The number of fused-ring (bicyclic) bond motifs is 1. The number of rotatable bonds is 6. The Morgan fingerprint density at radius 3 is 2.43 bits per heavy atom. The molecule has 5 rings (SSSR count). The zero-order chi connectivity index (χ0) is 20.7. The fourth-order valence-electron chi connectivity index (χ4n) is 5.88. The summed E-state index contributed by atoms with van der Waals surface area (Å²) in [6.07, 6.45) is 4.02.